The van der Waals surface area contributed by atoms with Crippen LogP contribution in [0, 0.1) is 5.82 Å². The van der Waals surface area contributed by atoms with Crippen molar-refractivity contribution in [1.82, 2.24) is 0 Å². The van der Waals surface area contributed by atoms with Gasteiger partial charge < -0.3 is 9.52 Å². The van der Waals surface area contributed by atoms with Crippen LogP contribution in [0.2, 0.25) is 0 Å². The van der Waals surface area contributed by atoms with Crippen molar-refractivity contribution >= 4 is 0 Å². The molecule has 0 amide bonds. The van der Waals surface area contributed by atoms with Crippen LogP contribution >= 0.6 is 0 Å². The summed E-state index contributed by atoms with van der Waals surface area (Å²) in [4.78, 5) is 0. The molecule has 1 N–H and O–H groups in total. The van der Waals surface area contributed by atoms with Crippen LogP contribution in [0.3, 0.4) is 0 Å². The predicted octanol–water partition coefficient (Wildman–Crippen LogP) is 3.71. The number of hydrogen-bond acceptors (Lipinski definition) is 2. The lowest BCUT2D eigenvalue weighted by Gasteiger charge is -2.16. The highest BCUT2D eigenvalue weighted by Gasteiger charge is 2.35. The summed E-state index contributed by atoms with van der Waals surface area (Å²) in [6, 6.07) is 5.31. The topological polar surface area (TPSA) is 33.4 Å². The number of furan rings is 1. The molecule has 102 valence electrons. The molecule has 2 nitrogen and oxygen atoms in total. The van der Waals surface area contributed by atoms with E-state index >= 15 is 0 Å². The van der Waals surface area contributed by atoms with Crippen molar-refractivity contribution in [3.8, 4) is 0 Å². The third kappa shape index (κ3) is 3.14. The molecule has 6 heteroatoms. The summed E-state index contributed by atoms with van der Waals surface area (Å²) in [5, 5.41) is 9.84. The molecule has 0 aliphatic heterocycles. The SMILES string of the molecule is OC(Cc1ccco1)c1ccc(F)cc1C(F)(F)F. The van der Waals surface area contributed by atoms with Crippen LogP contribution in [-0.2, 0) is 12.6 Å². The summed E-state index contributed by atoms with van der Waals surface area (Å²) in [6.07, 6.45) is -4.89. The molecule has 0 aliphatic carbocycles. The summed E-state index contributed by atoms with van der Waals surface area (Å²) in [7, 11) is 0. The minimum Gasteiger partial charge on any atom is -0.469 e. The lowest BCUT2D eigenvalue weighted by atomic mass is 9.99. The molecular weight excluding hydrogens is 264 g/mol. The van der Waals surface area contributed by atoms with Gasteiger partial charge in [-0.2, -0.15) is 13.2 Å². The minimum atomic E-state index is -4.72. The van der Waals surface area contributed by atoms with E-state index in [-0.39, 0.29) is 12.0 Å². The lowest BCUT2D eigenvalue weighted by Crippen LogP contribution is -2.13. The Morgan fingerprint density at radius 3 is 2.53 bits per heavy atom. The summed E-state index contributed by atoms with van der Waals surface area (Å²) in [6.45, 7) is 0. The molecule has 1 heterocycles. The molecule has 0 spiro atoms. The second kappa shape index (κ2) is 5.05. The molecular formula is C13H10F4O2. The first-order chi connectivity index (χ1) is 8.88. The Morgan fingerprint density at radius 1 is 1.21 bits per heavy atom. The molecule has 0 fully saturated rings. The maximum atomic E-state index is 12.9. The van der Waals surface area contributed by atoms with Gasteiger partial charge in [0.25, 0.3) is 0 Å². The third-order valence-electron chi connectivity index (χ3n) is 2.65. The monoisotopic (exact) mass is 274 g/mol. The van der Waals surface area contributed by atoms with Gasteiger partial charge in [-0.3, -0.25) is 0 Å². The second-order valence-electron chi connectivity index (χ2n) is 4.03. The fourth-order valence-electron chi connectivity index (χ4n) is 1.79. The van der Waals surface area contributed by atoms with E-state index in [2.05, 4.69) is 0 Å². The lowest BCUT2D eigenvalue weighted by molar-refractivity contribution is -0.139. The van der Waals surface area contributed by atoms with Crippen LogP contribution in [0.1, 0.15) is 23.0 Å². The van der Waals surface area contributed by atoms with Crippen LogP contribution in [-0.4, -0.2) is 5.11 Å². The standard InChI is InChI=1S/C13H10F4O2/c14-8-3-4-10(11(6-8)13(15,16)17)12(18)7-9-2-1-5-19-9/h1-6,12,18H,7H2. The highest BCUT2D eigenvalue weighted by molar-refractivity contribution is 5.32. The van der Waals surface area contributed by atoms with E-state index in [1.807, 2.05) is 0 Å². The highest BCUT2D eigenvalue weighted by Crippen LogP contribution is 2.36. The van der Waals surface area contributed by atoms with Crippen molar-refractivity contribution in [3.63, 3.8) is 0 Å². The Morgan fingerprint density at radius 2 is 1.95 bits per heavy atom. The van der Waals surface area contributed by atoms with Gasteiger partial charge in [0, 0.05) is 6.42 Å². The number of rotatable bonds is 3. The van der Waals surface area contributed by atoms with E-state index in [0.717, 1.165) is 12.1 Å². The highest BCUT2D eigenvalue weighted by atomic mass is 19.4. The number of aliphatic hydroxyl groups is 1. The van der Waals surface area contributed by atoms with E-state index in [0.29, 0.717) is 11.8 Å². The fraction of sp³-hybridized carbons (Fsp3) is 0.231. The van der Waals surface area contributed by atoms with Crippen LogP contribution in [0.15, 0.2) is 41.0 Å². The Hall–Kier alpha value is -1.82. The third-order valence-corrected chi connectivity index (χ3v) is 2.65. The van der Waals surface area contributed by atoms with Gasteiger partial charge in [0.15, 0.2) is 0 Å². The van der Waals surface area contributed by atoms with Crippen molar-refractivity contribution in [2.75, 3.05) is 0 Å². The van der Waals surface area contributed by atoms with Gasteiger partial charge >= 0.3 is 6.18 Å². The fourth-order valence-corrected chi connectivity index (χ4v) is 1.79. The maximum absolute atomic E-state index is 12.9. The molecule has 0 bridgehead atoms. The average molecular weight is 274 g/mol. The van der Waals surface area contributed by atoms with Crippen molar-refractivity contribution in [1.29, 1.82) is 0 Å². The van der Waals surface area contributed by atoms with Gasteiger partial charge in [-0.05, 0) is 29.8 Å². The summed E-state index contributed by atoms with van der Waals surface area (Å²) in [5.41, 5.74) is -1.54. The van der Waals surface area contributed by atoms with Crippen LogP contribution < -0.4 is 0 Å². The Balaban J connectivity index is 2.33. The first-order valence-electron chi connectivity index (χ1n) is 5.45. The summed E-state index contributed by atoms with van der Waals surface area (Å²) >= 11 is 0. The van der Waals surface area contributed by atoms with Crippen molar-refractivity contribution in [2.24, 2.45) is 0 Å². The molecule has 0 saturated heterocycles. The predicted molar refractivity (Wildman–Crippen MR) is 58.8 cm³/mol. The normalized spacial score (nSPS) is 13.5. The number of benzene rings is 1. The van der Waals surface area contributed by atoms with Gasteiger partial charge in [-0.15, -0.1) is 0 Å². The first kappa shape index (κ1) is 13.6. The van der Waals surface area contributed by atoms with Crippen LogP contribution in [0.4, 0.5) is 17.6 Å². The van der Waals surface area contributed by atoms with Gasteiger partial charge in [0.1, 0.15) is 11.6 Å². The van der Waals surface area contributed by atoms with Crippen LogP contribution in [0.25, 0.3) is 0 Å². The molecule has 2 rings (SSSR count). The van der Waals surface area contributed by atoms with E-state index in [1.54, 1.807) is 12.1 Å². The zero-order chi connectivity index (χ0) is 14.0. The first-order valence-corrected chi connectivity index (χ1v) is 5.45. The van der Waals surface area contributed by atoms with Crippen molar-refractivity contribution in [2.45, 2.75) is 18.7 Å². The summed E-state index contributed by atoms with van der Waals surface area (Å²) < 4.78 is 56.2. The molecule has 1 atom stereocenters. The quantitative estimate of drug-likeness (QED) is 0.865. The molecule has 1 aromatic carbocycles. The van der Waals surface area contributed by atoms with Gasteiger partial charge in [0.2, 0.25) is 0 Å². The Kier molecular flexibility index (Phi) is 3.61. The number of halogens is 4. The maximum Gasteiger partial charge on any atom is 0.416 e. The molecule has 0 radical (unpaired) electrons. The van der Waals surface area contributed by atoms with E-state index in [1.165, 1.54) is 6.26 Å². The molecule has 1 unspecified atom stereocenters. The molecule has 0 saturated carbocycles. The Bertz CT molecular complexity index is 546. The molecule has 19 heavy (non-hydrogen) atoms. The smallest absolute Gasteiger partial charge is 0.416 e. The number of alkyl halides is 3. The van der Waals surface area contributed by atoms with Crippen LogP contribution in [0.5, 0.6) is 0 Å². The van der Waals surface area contributed by atoms with E-state index < -0.39 is 23.7 Å². The zero-order valence-corrected chi connectivity index (χ0v) is 9.62. The number of hydrogen-bond donors (Lipinski definition) is 1. The van der Waals surface area contributed by atoms with Gasteiger partial charge in [-0.25, -0.2) is 4.39 Å². The molecule has 2 aromatic rings. The average Bonchev–Trinajstić information content (AvgIpc) is 2.80. The van der Waals surface area contributed by atoms with Crippen molar-refractivity contribution < 1.29 is 27.1 Å². The van der Waals surface area contributed by atoms with E-state index in [4.69, 9.17) is 4.42 Å². The molecule has 1 aromatic heterocycles. The minimum absolute atomic E-state index is 0.109. The summed E-state index contributed by atoms with van der Waals surface area (Å²) in [5.74, 6) is -0.647. The Labute approximate surface area is 106 Å². The molecule has 0 aliphatic rings. The number of aliphatic hydroxyl groups excluding tert-OH is 1. The van der Waals surface area contributed by atoms with Crippen molar-refractivity contribution in [3.05, 3.63) is 59.3 Å². The zero-order valence-electron chi connectivity index (χ0n) is 9.62. The van der Waals surface area contributed by atoms with Gasteiger partial charge in [0.05, 0.1) is 17.9 Å². The van der Waals surface area contributed by atoms with Gasteiger partial charge in [-0.1, -0.05) is 6.07 Å². The van der Waals surface area contributed by atoms with E-state index in [9.17, 15) is 22.7 Å². The largest absolute Gasteiger partial charge is 0.469 e. The second-order valence-corrected chi connectivity index (χ2v) is 4.03.